The summed E-state index contributed by atoms with van der Waals surface area (Å²) in [5.74, 6) is -0.510. The van der Waals surface area contributed by atoms with Crippen LogP contribution in [0.2, 0.25) is 0 Å². The zero-order valence-corrected chi connectivity index (χ0v) is 11.4. The summed E-state index contributed by atoms with van der Waals surface area (Å²) >= 11 is 0. The van der Waals surface area contributed by atoms with Gasteiger partial charge in [0.25, 0.3) is 5.91 Å². The molecule has 4 amide bonds. The van der Waals surface area contributed by atoms with Crippen LogP contribution in [0.25, 0.3) is 0 Å². The lowest BCUT2D eigenvalue weighted by atomic mass is 10.1. The minimum absolute atomic E-state index is 0.0226. The molecule has 112 valence electrons. The number of aromatic amines is 1. The standard InChI is InChI=1S/C13H12N6O3/c20-10-5-14-13(22)19(10)6-8-3-1-2-4-9(8)11(21)17-12-15-7-16-18-12/h1-4,7H,5-6H2,(H,14,22)(H2,15,16,17,18,21). The van der Waals surface area contributed by atoms with E-state index in [9.17, 15) is 14.4 Å². The monoisotopic (exact) mass is 300 g/mol. The number of urea groups is 1. The van der Waals surface area contributed by atoms with Crippen LogP contribution < -0.4 is 10.6 Å². The highest BCUT2D eigenvalue weighted by molar-refractivity contribution is 6.05. The van der Waals surface area contributed by atoms with Crippen LogP contribution >= 0.6 is 0 Å². The first-order valence-corrected chi connectivity index (χ1v) is 6.48. The number of anilines is 1. The summed E-state index contributed by atoms with van der Waals surface area (Å²) in [4.78, 5) is 40.4. The zero-order chi connectivity index (χ0) is 15.5. The number of benzene rings is 1. The summed E-state index contributed by atoms with van der Waals surface area (Å²) in [6.45, 7) is 0.00985. The third kappa shape index (κ3) is 2.64. The predicted molar refractivity (Wildman–Crippen MR) is 74.7 cm³/mol. The zero-order valence-electron chi connectivity index (χ0n) is 11.4. The molecule has 9 nitrogen and oxygen atoms in total. The van der Waals surface area contributed by atoms with Crippen molar-refractivity contribution in [3.05, 3.63) is 41.7 Å². The Bertz CT molecular complexity index is 711. The van der Waals surface area contributed by atoms with Gasteiger partial charge in [-0.15, -0.1) is 0 Å². The smallest absolute Gasteiger partial charge is 0.324 e. The minimum atomic E-state index is -0.463. The van der Waals surface area contributed by atoms with Crippen molar-refractivity contribution in [2.45, 2.75) is 6.54 Å². The molecule has 2 aromatic rings. The highest BCUT2D eigenvalue weighted by Crippen LogP contribution is 2.15. The molecule has 1 aromatic carbocycles. The lowest BCUT2D eigenvalue weighted by Gasteiger charge is -2.15. The first-order valence-electron chi connectivity index (χ1n) is 6.48. The lowest BCUT2D eigenvalue weighted by molar-refractivity contribution is -0.125. The van der Waals surface area contributed by atoms with E-state index in [2.05, 4.69) is 25.8 Å². The van der Waals surface area contributed by atoms with Crippen LogP contribution in [0.1, 0.15) is 15.9 Å². The first-order chi connectivity index (χ1) is 10.6. The third-order valence-electron chi connectivity index (χ3n) is 3.17. The second kappa shape index (κ2) is 5.64. The van der Waals surface area contributed by atoms with Gasteiger partial charge in [-0.05, 0) is 11.6 Å². The van der Waals surface area contributed by atoms with Crippen LogP contribution in [-0.2, 0) is 11.3 Å². The van der Waals surface area contributed by atoms with Crippen LogP contribution in [0.5, 0.6) is 0 Å². The van der Waals surface area contributed by atoms with E-state index < -0.39 is 11.9 Å². The third-order valence-corrected chi connectivity index (χ3v) is 3.17. The SMILES string of the molecule is O=C(Nc1ncn[nH]1)c1ccccc1CN1C(=O)CNC1=O. The largest absolute Gasteiger partial charge is 0.329 e. The number of nitrogens with one attached hydrogen (secondary N) is 3. The Morgan fingerprint density at radius 3 is 2.82 bits per heavy atom. The van der Waals surface area contributed by atoms with E-state index in [1.807, 2.05) is 0 Å². The summed E-state index contributed by atoms with van der Waals surface area (Å²) in [5.41, 5.74) is 0.913. The van der Waals surface area contributed by atoms with E-state index in [0.29, 0.717) is 11.1 Å². The average Bonchev–Trinajstić information content (AvgIpc) is 3.13. The summed E-state index contributed by atoms with van der Waals surface area (Å²) in [6.07, 6.45) is 1.27. The highest BCUT2D eigenvalue weighted by Gasteiger charge is 2.29. The van der Waals surface area contributed by atoms with Crippen molar-refractivity contribution in [3.8, 4) is 0 Å². The van der Waals surface area contributed by atoms with Crippen LogP contribution in [0, 0.1) is 0 Å². The molecule has 22 heavy (non-hydrogen) atoms. The van der Waals surface area contributed by atoms with Crippen molar-refractivity contribution >= 4 is 23.8 Å². The number of amides is 4. The summed E-state index contributed by atoms with van der Waals surface area (Å²) in [7, 11) is 0. The van der Waals surface area contributed by atoms with Gasteiger partial charge in [-0.25, -0.2) is 9.89 Å². The number of nitrogens with zero attached hydrogens (tertiary/aromatic N) is 3. The summed E-state index contributed by atoms with van der Waals surface area (Å²) in [5, 5.41) is 11.2. The van der Waals surface area contributed by atoms with Gasteiger partial charge in [0.2, 0.25) is 11.9 Å². The molecule has 2 heterocycles. The Morgan fingerprint density at radius 2 is 2.14 bits per heavy atom. The fraction of sp³-hybridized carbons (Fsp3) is 0.154. The van der Waals surface area contributed by atoms with Crippen LogP contribution in [-0.4, -0.2) is 44.5 Å². The van der Waals surface area contributed by atoms with Gasteiger partial charge in [-0.1, -0.05) is 18.2 Å². The predicted octanol–water partition coefficient (Wildman–Crippen LogP) is 0.109. The van der Waals surface area contributed by atoms with E-state index >= 15 is 0 Å². The van der Waals surface area contributed by atoms with Crippen molar-refractivity contribution in [2.75, 3.05) is 11.9 Å². The maximum atomic E-state index is 12.3. The van der Waals surface area contributed by atoms with Crippen molar-refractivity contribution in [3.63, 3.8) is 0 Å². The Kier molecular flexibility index (Phi) is 3.52. The van der Waals surface area contributed by atoms with Crippen molar-refractivity contribution < 1.29 is 14.4 Å². The van der Waals surface area contributed by atoms with E-state index in [-0.39, 0.29) is 24.9 Å². The van der Waals surface area contributed by atoms with Gasteiger partial charge >= 0.3 is 6.03 Å². The molecule has 0 spiro atoms. The van der Waals surface area contributed by atoms with Gasteiger partial charge in [0, 0.05) is 5.56 Å². The molecule has 9 heteroatoms. The second-order valence-electron chi connectivity index (χ2n) is 4.58. The normalized spacial score (nSPS) is 14.1. The van der Waals surface area contributed by atoms with Gasteiger partial charge in [-0.2, -0.15) is 10.1 Å². The number of imide groups is 1. The lowest BCUT2D eigenvalue weighted by Crippen LogP contribution is -2.31. The second-order valence-corrected chi connectivity index (χ2v) is 4.58. The van der Waals surface area contributed by atoms with Crippen molar-refractivity contribution in [1.29, 1.82) is 0 Å². The van der Waals surface area contributed by atoms with E-state index in [4.69, 9.17) is 0 Å². The van der Waals surface area contributed by atoms with Crippen LogP contribution in [0.4, 0.5) is 10.7 Å². The number of H-pyrrole nitrogens is 1. The number of carbonyl (C=O) groups excluding carboxylic acids is 3. The molecule has 0 saturated carbocycles. The van der Waals surface area contributed by atoms with Gasteiger partial charge in [0.1, 0.15) is 6.33 Å². The number of hydrogen-bond acceptors (Lipinski definition) is 5. The number of carbonyl (C=O) groups is 3. The van der Waals surface area contributed by atoms with E-state index in [1.165, 1.54) is 6.33 Å². The molecule has 0 aliphatic carbocycles. The molecule has 0 radical (unpaired) electrons. The van der Waals surface area contributed by atoms with Gasteiger partial charge in [-0.3, -0.25) is 19.8 Å². The van der Waals surface area contributed by atoms with Gasteiger partial charge in [0.05, 0.1) is 13.1 Å². The molecular formula is C13H12N6O3. The van der Waals surface area contributed by atoms with Gasteiger partial charge in [0.15, 0.2) is 0 Å². The summed E-state index contributed by atoms with van der Waals surface area (Å²) < 4.78 is 0. The molecule has 1 aliphatic rings. The molecule has 1 saturated heterocycles. The summed E-state index contributed by atoms with van der Waals surface area (Å²) in [6, 6.07) is 6.27. The molecule has 1 aromatic heterocycles. The molecule has 1 aliphatic heterocycles. The molecule has 0 bridgehead atoms. The maximum Gasteiger partial charge on any atom is 0.324 e. The van der Waals surface area contributed by atoms with E-state index in [1.54, 1.807) is 24.3 Å². The fourth-order valence-corrected chi connectivity index (χ4v) is 2.11. The first kappa shape index (κ1) is 13.7. The topological polar surface area (TPSA) is 120 Å². The molecule has 3 N–H and O–H groups in total. The molecule has 0 atom stereocenters. The Hall–Kier alpha value is -3.23. The maximum absolute atomic E-state index is 12.3. The van der Waals surface area contributed by atoms with Crippen molar-refractivity contribution in [1.82, 2.24) is 25.4 Å². The number of rotatable bonds is 4. The number of hydrogen-bond donors (Lipinski definition) is 3. The molecular weight excluding hydrogens is 288 g/mol. The molecule has 0 unspecified atom stereocenters. The highest BCUT2D eigenvalue weighted by atomic mass is 16.2. The van der Waals surface area contributed by atoms with Crippen LogP contribution in [0.15, 0.2) is 30.6 Å². The fourth-order valence-electron chi connectivity index (χ4n) is 2.11. The average molecular weight is 300 g/mol. The Balaban J connectivity index is 1.82. The quantitative estimate of drug-likeness (QED) is 0.692. The molecule has 1 fully saturated rings. The van der Waals surface area contributed by atoms with Crippen LogP contribution in [0.3, 0.4) is 0 Å². The van der Waals surface area contributed by atoms with Crippen molar-refractivity contribution in [2.24, 2.45) is 0 Å². The Labute approximate surface area is 124 Å². The van der Waals surface area contributed by atoms with E-state index in [0.717, 1.165) is 4.90 Å². The van der Waals surface area contributed by atoms with Gasteiger partial charge < -0.3 is 5.32 Å². The number of aromatic nitrogens is 3. The minimum Gasteiger partial charge on any atom is -0.329 e. The molecule has 3 rings (SSSR count). The Morgan fingerprint density at radius 1 is 1.32 bits per heavy atom.